The summed E-state index contributed by atoms with van der Waals surface area (Å²) in [7, 11) is 0. The van der Waals surface area contributed by atoms with E-state index in [0.29, 0.717) is 16.2 Å². The molecule has 0 aliphatic carbocycles. The first-order valence-corrected chi connectivity index (χ1v) is 4.25. The predicted octanol–water partition coefficient (Wildman–Crippen LogP) is 3.03. The summed E-state index contributed by atoms with van der Waals surface area (Å²) in [6, 6.07) is 6.86. The summed E-state index contributed by atoms with van der Waals surface area (Å²) in [4.78, 5) is 0. The molecule has 13 heavy (non-hydrogen) atoms. The molecule has 1 aromatic rings. The molecular formula is C10H10ClFO. The van der Waals surface area contributed by atoms with Crippen LogP contribution in [0.3, 0.4) is 0 Å². The minimum Gasteiger partial charge on any atom is -0.389 e. The molecule has 0 heterocycles. The Hall–Kier alpha value is -0.860. The largest absolute Gasteiger partial charge is 0.389 e. The molecule has 0 unspecified atom stereocenters. The van der Waals surface area contributed by atoms with Gasteiger partial charge in [-0.25, -0.2) is 4.39 Å². The third-order valence-corrected chi connectivity index (χ3v) is 2.04. The second-order valence-electron chi connectivity index (χ2n) is 2.70. The molecule has 0 aromatic heterocycles. The monoisotopic (exact) mass is 200 g/mol. The van der Waals surface area contributed by atoms with Crippen molar-refractivity contribution in [3.63, 3.8) is 0 Å². The number of allylic oxidation sites excluding steroid dienone is 1. The van der Waals surface area contributed by atoms with Crippen LogP contribution in [0.2, 0.25) is 5.02 Å². The topological polar surface area (TPSA) is 20.2 Å². The number of hydrogen-bond donors (Lipinski definition) is 1. The lowest BCUT2D eigenvalue weighted by Gasteiger charge is -2.02. The minimum atomic E-state index is -0.571. The van der Waals surface area contributed by atoms with Crippen molar-refractivity contribution in [3.05, 3.63) is 40.7 Å². The molecule has 1 nitrogen and oxygen atoms in total. The third kappa shape index (κ3) is 2.54. The van der Waals surface area contributed by atoms with Crippen LogP contribution in [0, 0.1) is 0 Å². The Labute approximate surface area is 81.5 Å². The normalized spacial score (nSPS) is 12.6. The maximum absolute atomic E-state index is 12.9. The van der Waals surface area contributed by atoms with Crippen LogP contribution in [-0.4, -0.2) is 11.7 Å². The molecule has 0 aliphatic rings. The van der Waals surface area contributed by atoms with Gasteiger partial charge in [-0.3, -0.25) is 0 Å². The zero-order valence-corrected chi connectivity index (χ0v) is 7.98. The van der Waals surface area contributed by atoms with Gasteiger partial charge in [0, 0.05) is 5.02 Å². The number of aliphatic hydroxyl groups excluding tert-OH is 1. The Bertz CT molecular complexity index is 333. The molecule has 0 radical (unpaired) electrons. The SMILES string of the molecule is CC(=C(F)CO)c1cccc(Cl)c1. The fraction of sp³-hybridized carbons (Fsp3) is 0.200. The molecule has 70 valence electrons. The second kappa shape index (κ2) is 4.40. The maximum atomic E-state index is 12.9. The van der Waals surface area contributed by atoms with E-state index in [4.69, 9.17) is 16.7 Å². The molecule has 0 atom stereocenters. The van der Waals surface area contributed by atoms with E-state index >= 15 is 0 Å². The lowest BCUT2D eigenvalue weighted by atomic mass is 10.1. The summed E-state index contributed by atoms with van der Waals surface area (Å²) < 4.78 is 12.9. The molecule has 0 spiro atoms. The van der Waals surface area contributed by atoms with E-state index in [1.165, 1.54) is 0 Å². The summed E-state index contributed by atoms with van der Waals surface area (Å²) in [5, 5.41) is 9.13. The van der Waals surface area contributed by atoms with Crippen molar-refractivity contribution in [2.24, 2.45) is 0 Å². The summed E-state index contributed by atoms with van der Waals surface area (Å²) >= 11 is 5.73. The van der Waals surface area contributed by atoms with Crippen molar-refractivity contribution < 1.29 is 9.50 Å². The van der Waals surface area contributed by atoms with Crippen LogP contribution in [0.15, 0.2) is 30.1 Å². The van der Waals surface area contributed by atoms with Crippen molar-refractivity contribution in [1.29, 1.82) is 0 Å². The highest BCUT2D eigenvalue weighted by molar-refractivity contribution is 6.30. The molecule has 1 aromatic carbocycles. The fourth-order valence-electron chi connectivity index (χ4n) is 0.997. The Morgan fingerprint density at radius 2 is 2.23 bits per heavy atom. The number of halogens is 2. The minimum absolute atomic E-state index is 0.421. The summed E-state index contributed by atoms with van der Waals surface area (Å²) in [5.74, 6) is -0.526. The molecule has 0 saturated carbocycles. The number of benzene rings is 1. The average Bonchev–Trinajstić information content (AvgIpc) is 2.15. The van der Waals surface area contributed by atoms with Gasteiger partial charge in [-0.1, -0.05) is 23.7 Å². The number of rotatable bonds is 2. The molecule has 0 saturated heterocycles. The number of aliphatic hydroxyl groups is 1. The Kier molecular flexibility index (Phi) is 3.46. The Morgan fingerprint density at radius 3 is 2.77 bits per heavy atom. The van der Waals surface area contributed by atoms with Crippen molar-refractivity contribution in [2.75, 3.05) is 6.61 Å². The molecular weight excluding hydrogens is 191 g/mol. The van der Waals surface area contributed by atoms with Crippen molar-refractivity contribution in [3.8, 4) is 0 Å². The fourth-order valence-corrected chi connectivity index (χ4v) is 1.19. The zero-order valence-electron chi connectivity index (χ0n) is 7.22. The number of hydrogen-bond acceptors (Lipinski definition) is 1. The van der Waals surface area contributed by atoms with Gasteiger partial charge in [0.2, 0.25) is 0 Å². The van der Waals surface area contributed by atoms with Gasteiger partial charge in [0.1, 0.15) is 5.83 Å². The summed E-state index contributed by atoms with van der Waals surface area (Å²) in [6.45, 7) is 1.04. The first kappa shape index (κ1) is 10.2. The van der Waals surface area contributed by atoms with E-state index in [-0.39, 0.29) is 0 Å². The summed E-state index contributed by atoms with van der Waals surface area (Å²) in [6.07, 6.45) is 0. The van der Waals surface area contributed by atoms with Crippen LogP contribution < -0.4 is 0 Å². The van der Waals surface area contributed by atoms with Gasteiger partial charge in [0.15, 0.2) is 0 Å². The lowest BCUT2D eigenvalue weighted by molar-refractivity contribution is 0.299. The average molecular weight is 201 g/mol. The quantitative estimate of drug-likeness (QED) is 0.778. The standard InChI is InChI=1S/C10H10ClFO/c1-7(10(12)6-13)8-3-2-4-9(11)5-8/h2-5,13H,6H2,1H3. The van der Waals surface area contributed by atoms with Gasteiger partial charge in [-0.2, -0.15) is 0 Å². The van der Waals surface area contributed by atoms with Crippen LogP contribution in [0.5, 0.6) is 0 Å². The second-order valence-corrected chi connectivity index (χ2v) is 3.13. The van der Waals surface area contributed by atoms with Crippen LogP contribution in [0.1, 0.15) is 12.5 Å². The van der Waals surface area contributed by atoms with Gasteiger partial charge in [-0.05, 0) is 30.2 Å². The van der Waals surface area contributed by atoms with Crippen LogP contribution >= 0.6 is 11.6 Å². The highest BCUT2D eigenvalue weighted by Crippen LogP contribution is 2.21. The molecule has 1 N–H and O–H groups in total. The van der Waals surface area contributed by atoms with E-state index in [1.54, 1.807) is 31.2 Å². The van der Waals surface area contributed by atoms with Crippen LogP contribution in [0.4, 0.5) is 4.39 Å². The van der Waals surface area contributed by atoms with Gasteiger partial charge < -0.3 is 5.11 Å². The predicted molar refractivity (Wildman–Crippen MR) is 52.2 cm³/mol. The molecule has 1 rings (SSSR count). The molecule has 0 amide bonds. The third-order valence-electron chi connectivity index (χ3n) is 1.80. The van der Waals surface area contributed by atoms with Crippen molar-refractivity contribution in [2.45, 2.75) is 6.92 Å². The Balaban J connectivity index is 3.08. The molecule has 0 aliphatic heterocycles. The van der Waals surface area contributed by atoms with Crippen molar-refractivity contribution in [1.82, 2.24) is 0 Å². The van der Waals surface area contributed by atoms with E-state index < -0.39 is 12.4 Å². The van der Waals surface area contributed by atoms with E-state index in [0.717, 1.165) is 0 Å². The maximum Gasteiger partial charge on any atom is 0.129 e. The van der Waals surface area contributed by atoms with Gasteiger partial charge in [0.05, 0.1) is 6.61 Å². The van der Waals surface area contributed by atoms with E-state index in [2.05, 4.69) is 0 Å². The highest BCUT2D eigenvalue weighted by atomic mass is 35.5. The molecule has 0 fully saturated rings. The van der Waals surface area contributed by atoms with Gasteiger partial charge >= 0.3 is 0 Å². The first-order valence-electron chi connectivity index (χ1n) is 3.87. The molecule has 3 heteroatoms. The zero-order chi connectivity index (χ0) is 9.84. The first-order chi connectivity index (χ1) is 6.15. The van der Waals surface area contributed by atoms with Gasteiger partial charge in [-0.15, -0.1) is 0 Å². The van der Waals surface area contributed by atoms with Gasteiger partial charge in [0.25, 0.3) is 0 Å². The van der Waals surface area contributed by atoms with Crippen LogP contribution in [0.25, 0.3) is 5.57 Å². The Morgan fingerprint density at radius 1 is 1.54 bits per heavy atom. The van der Waals surface area contributed by atoms with Crippen LogP contribution in [-0.2, 0) is 0 Å². The highest BCUT2D eigenvalue weighted by Gasteiger charge is 2.03. The smallest absolute Gasteiger partial charge is 0.129 e. The lowest BCUT2D eigenvalue weighted by Crippen LogP contribution is -1.88. The summed E-state index contributed by atoms with van der Waals surface area (Å²) in [5.41, 5.74) is 1.11. The van der Waals surface area contributed by atoms with E-state index in [9.17, 15) is 4.39 Å². The van der Waals surface area contributed by atoms with Crippen molar-refractivity contribution >= 4 is 17.2 Å². The van der Waals surface area contributed by atoms with E-state index in [1.807, 2.05) is 0 Å². The molecule has 0 bridgehead atoms.